The molecule has 1 N–H and O–H groups in total. The molecule has 112 valence electrons. The number of hydrogen-bond acceptors (Lipinski definition) is 2. The topological polar surface area (TPSA) is 21.3 Å². The van der Waals surface area contributed by atoms with E-state index in [0.717, 1.165) is 12.1 Å². The Bertz CT molecular complexity index is 619. The van der Waals surface area contributed by atoms with Gasteiger partial charge in [-0.25, -0.2) is 4.39 Å². The summed E-state index contributed by atoms with van der Waals surface area (Å²) >= 11 is 11.9. The maximum atomic E-state index is 13.7. The van der Waals surface area contributed by atoms with E-state index in [0.29, 0.717) is 34.5 Å². The first kappa shape index (κ1) is 15.9. The average molecular weight is 328 g/mol. The average Bonchev–Trinajstić information content (AvgIpc) is 2.45. The van der Waals surface area contributed by atoms with Gasteiger partial charge in [-0.15, -0.1) is 0 Å². The van der Waals surface area contributed by atoms with Gasteiger partial charge in [0.1, 0.15) is 11.6 Å². The van der Waals surface area contributed by atoms with E-state index in [-0.39, 0.29) is 5.82 Å². The highest BCUT2D eigenvalue weighted by atomic mass is 35.5. The van der Waals surface area contributed by atoms with Crippen molar-refractivity contribution >= 4 is 28.9 Å². The summed E-state index contributed by atoms with van der Waals surface area (Å²) in [5.41, 5.74) is 1.35. The van der Waals surface area contributed by atoms with Crippen LogP contribution in [0.4, 0.5) is 10.1 Å². The molecule has 2 rings (SSSR count). The zero-order valence-electron chi connectivity index (χ0n) is 11.6. The van der Waals surface area contributed by atoms with E-state index >= 15 is 0 Å². The minimum atomic E-state index is -0.330. The third-order valence-electron chi connectivity index (χ3n) is 2.89. The van der Waals surface area contributed by atoms with E-state index in [1.165, 1.54) is 6.07 Å². The minimum Gasteiger partial charge on any atom is -0.492 e. The minimum absolute atomic E-state index is 0.330. The lowest BCUT2D eigenvalue weighted by Gasteiger charge is -2.11. The number of nitrogens with one attached hydrogen (secondary N) is 1. The van der Waals surface area contributed by atoms with Crippen molar-refractivity contribution in [2.45, 2.75) is 19.9 Å². The third-order valence-corrected chi connectivity index (χ3v) is 3.42. The lowest BCUT2D eigenvalue weighted by atomic mass is 10.2. The smallest absolute Gasteiger partial charge is 0.138 e. The van der Waals surface area contributed by atoms with E-state index in [1.54, 1.807) is 24.3 Å². The van der Waals surface area contributed by atoms with Crippen molar-refractivity contribution in [2.24, 2.45) is 0 Å². The Morgan fingerprint density at radius 3 is 2.62 bits per heavy atom. The van der Waals surface area contributed by atoms with Gasteiger partial charge in [0.25, 0.3) is 0 Å². The van der Waals surface area contributed by atoms with Crippen molar-refractivity contribution < 1.29 is 9.13 Å². The summed E-state index contributed by atoms with van der Waals surface area (Å²) in [4.78, 5) is 0. The maximum absolute atomic E-state index is 13.7. The molecule has 2 nitrogen and oxygen atoms in total. The van der Waals surface area contributed by atoms with Crippen molar-refractivity contribution in [3.63, 3.8) is 0 Å². The number of hydrogen-bond donors (Lipinski definition) is 1. The number of anilines is 1. The highest BCUT2D eigenvalue weighted by molar-refractivity contribution is 6.32. The largest absolute Gasteiger partial charge is 0.492 e. The molecule has 0 aromatic heterocycles. The van der Waals surface area contributed by atoms with Crippen molar-refractivity contribution in [3.05, 3.63) is 57.8 Å². The second-order valence-corrected chi connectivity index (χ2v) is 5.43. The monoisotopic (exact) mass is 327 g/mol. The van der Waals surface area contributed by atoms with Crippen LogP contribution in [0.3, 0.4) is 0 Å². The summed E-state index contributed by atoms with van der Waals surface area (Å²) in [6.45, 7) is 3.02. The molecule has 2 aromatic carbocycles. The third kappa shape index (κ3) is 4.51. The lowest BCUT2D eigenvalue weighted by molar-refractivity contribution is 0.317. The normalized spacial score (nSPS) is 10.5. The number of benzene rings is 2. The molecule has 0 radical (unpaired) electrons. The fourth-order valence-corrected chi connectivity index (χ4v) is 2.20. The molecule has 0 aliphatic rings. The Labute approximate surface area is 133 Å². The van der Waals surface area contributed by atoms with Crippen LogP contribution < -0.4 is 10.1 Å². The van der Waals surface area contributed by atoms with Crippen molar-refractivity contribution in [3.8, 4) is 5.75 Å². The number of rotatable bonds is 6. The van der Waals surface area contributed by atoms with Crippen LogP contribution in [0.15, 0.2) is 36.4 Å². The van der Waals surface area contributed by atoms with E-state index in [4.69, 9.17) is 27.9 Å². The molecule has 0 aliphatic heterocycles. The van der Waals surface area contributed by atoms with E-state index < -0.39 is 0 Å². The molecule has 0 aliphatic carbocycles. The predicted octanol–water partition coefficient (Wildman–Crippen LogP) is 5.53. The SMILES string of the molecule is CCCOc1ccc(NCc2ccc(Cl)cc2F)cc1Cl. The quantitative estimate of drug-likeness (QED) is 0.752. The molecular formula is C16H16Cl2FNO. The van der Waals surface area contributed by atoms with Crippen LogP contribution in [0, 0.1) is 5.82 Å². The van der Waals surface area contributed by atoms with Crippen molar-refractivity contribution in [1.29, 1.82) is 0 Å². The van der Waals surface area contributed by atoms with Crippen LogP contribution in [0.25, 0.3) is 0 Å². The summed E-state index contributed by atoms with van der Waals surface area (Å²) < 4.78 is 19.2. The van der Waals surface area contributed by atoms with Crippen LogP contribution in [0.1, 0.15) is 18.9 Å². The fourth-order valence-electron chi connectivity index (χ4n) is 1.80. The van der Waals surface area contributed by atoms with Gasteiger partial charge in [-0.3, -0.25) is 0 Å². The Kier molecular flexibility index (Phi) is 5.71. The van der Waals surface area contributed by atoms with Crippen LogP contribution in [-0.2, 0) is 6.54 Å². The second kappa shape index (κ2) is 7.53. The number of ether oxygens (including phenoxy) is 1. The van der Waals surface area contributed by atoms with Gasteiger partial charge >= 0.3 is 0 Å². The Balaban J connectivity index is 2.01. The summed E-state index contributed by atoms with van der Waals surface area (Å²) in [5, 5.41) is 4.04. The summed E-state index contributed by atoms with van der Waals surface area (Å²) in [6.07, 6.45) is 0.923. The Hall–Kier alpha value is -1.45. The highest BCUT2D eigenvalue weighted by Gasteiger charge is 2.05. The van der Waals surface area contributed by atoms with Gasteiger partial charge in [0.15, 0.2) is 0 Å². The van der Waals surface area contributed by atoms with Gasteiger partial charge in [-0.1, -0.05) is 36.2 Å². The molecule has 0 fully saturated rings. The molecule has 5 heteroatoms. The fraction of sp³-hybridized carbons (Fsp3) is 0.250. The molecule has 0 amide bonds. The Morgan fingerprint density at radius 2 is 1.95 bits per heavy atom. The van der Waals surface area contributed by atoms with E-state index in [1.807, 2.05) is 13.0 Å². The van der Waals surface area contributed by atoms with E-state index in [9.17, 15) is 4.39 Å². The standard InChI is InChI=1S/C16H16Cl2FNO/c1-2-7-21-16-6-5-13(9-14(16)18)20-10-11-3-4-12(17)8-15(11)19/h3-6,8-9,20H,2,7,10H2,1H3. The van der Waals surface area contributed by atoms with Gasteiger partial charge in [0.2, 0.25) is 0 Å². The highest BCUT2D eigenvalue weighted by Crippen LogP contribution is 2.28. The maximum Gasteiger partial charge on any atom is 0.138 e. The zero-order valence-corrected chi connectivity index (χ0v) is 13.1. The molecule has 0 atom stereocenters. The molecular weight excluding hydrogens is 312 g/mol. The van der Waals surface area contributed by atoms with E-state index in [2.05, 4.69) is 5.32 Å². The number of halogens is 3. The van der Waals surface area contributed by atoms with Crippen LogP contribution in [-0.4, -0.2) is 6.61 Å². The lowest BCUT2D eigenvalue weighted by Crippen LogP contribution is -2.02. The van der Waals surface area contributed by atoms with Gasteiger partial charge in [0.05, 0.1) is 11.6 Å². The summed E-state index contributed by atoms with van der Waals surface area (Å²) in [6, 6.07) is 10.0. The second-order valence-electron chi connectivity index (χ2n) is 4.58. The molecule has 0 saturated carbocycles. The molecule has 0 heterocycles. The predicted molar refractivity (Wildman–Crippen MR) is 86.0 cm³/mol. The molecule has 0 saturated heterocycles. The molecule has 0 spiro atoms. The summed E-state index contributed by atoms with van der Waals surface area (Å²) in [7, 11) is 0. The first-order chi connectivity index (χ1) is 10.1. The van der Waals surface area contributed by atoms with Gasteiger partial charge in [-0.2, -0.15) is 0 Å². The molecule has 0 bridgehead atoms. The molecule has 2 aromatic rings. The van der Waals surface area contributed by atoms with Crippen molar-refractivity contribution in [2.75, 3.05) is 11.9 Å². The van der Waals surface area contributed by atoms with Crippen molar-refractivity contribution in [1.82, 2.24) is 0 Å². The summed E-state index contributed by atoms with van der Waals surface area (Å²) in [5.74, 6) is 0.325. The molecule has 0 unspecified atom stereocenters. The van der Waals surface area contributed by atoms with Crippen LogP contribution >= 0.6 is 23.2 Å². The first-order valence-corrected chi connectivity index (χ1v) is 7.46. The van der Waals surface area contributed by atoms with Gasteiger partial charge in [-0.05, 0) is 36.8 Å². The molecule has 21 heavy (non-hydrogen) atoms. The van der Waals surface area contributed by atoms with Gasteiger partial charge in [0, 0.05) is 22.8 Å². The van der Waals surface area contributed by atoms with Crippen LogP contribution in [0.2, 0.25) is 10.0 Å². The van der Waals surface area contributed by atoms with Gasteiger partial charge < -0.3 is 10.1 Å². The zero-order chi connectivity index (χ0) is 15.2. The first-order valence-electron chi connectivity index (χ1n) is 6.70. The Morgan fingerprint density at radius 1 is 1.14 bits per heavy atom. The van der Waals surface area contributed by atoms with Crippen LogP contribution in [0.5, 0.6) is 5.75 Å².